The van der Waals surface area contributed by atoms with E-state index < -0.39 is 23.3 Å². The van der Waals surface area contributed by atoms with E-state index in [1.54, 1.807) is 0 Å². The van der Waals surface area contributed by atoms with E-state index in [9.17, 15) is 14.4 Å². The van der Waals surface area contributed by atoms with Crippen molar-refractivity contribution in [1.29, 1.82) is 0 Å². The van der Waals surface area contributed by atoms with Crippen LogP contribution >= 0.6 is 0 Å². The number of nitrogens with one attached hydrogen (secondary N) is 1. The average Bonchev–Trinajstić information content (AvgIpc) is 2.36. The van der Waals surface area contributed by atoms with Crippen molar-refractivity contribution in [1.82, 2.24) is 10.3 Å². The molecular weight excluding hydrogens is 262 g/mol. The number of esters is 1. The fraction of sp³-hybridized carbons (Fsp3) is 0.692. The summed E-state index contributed by atoms with van der Waals surface area (Å²) in [5.74, 6) is -1.09. The third kappa shape index (κ3) is 3.79. The first-order valence-corrected chi connectivity index (χ1v) is 6.39. The molecule has 0 aromatic heterocycles. The van der Waals surface area contributed by atoms with E-state index in [-0.39, 0.29) is 24.5 Å². The summed E-state index contributed by atoms with van der Waals surface area (Å²) in [6.45, 7) is 5.48. The molecule has 0 saturated carbocycles. The quantitative estimate of drug-likeness (QED) is 0.754. The zero-order chi connectivity index (χ0) is 15.5. The summed E-state index contributed by atoms with van der Waals surface area (Å²) < 4.78 is 4.71. The maximum absolute atomic E-state index is 12.1. The van der Waals surface area contributed by atoms with Gasteiger partial charge in [0.1, 0.15) is 11.8 Å². The Morgan fingerprint density at radius 3 is 2.40 bits per heavy atom. The SMILES string of the molecule is COC(=O)[C@H](NC(=O)C1=NN(C)C(=O)CC1)C(C)(C)C. The van der Waals surface area contributed by atoms with Crippen LogP contribution in [0.1, 0.15) is 33.6 Å². The topological polar surface area (TPSA) is 88.1 Å². The van der Waals surface area contributed by atoms with Crippen molar-refractivity contribution in [3.63, 3.8) is 0 Å². The first kappa shape index (κ1) is 16.1. The summed E-state index contributed by atoms with van der Waals surface area (Å²) >= 11 is 0. The highest BCUT2D eigenvalue weighted by molar-refractivity contribution is 6.39. The molecule has 0 radical (unpaired) electrons. The van der Waals surface area contributed by atoms with E-state index in [4.69, 9.17) is 4.74 Å². The number of nitrogens with zero attached hydrogens (tertiary/aromatic N) is 2. The third-order valence-corrected chi connectivity index (χ3v) is 3.05. The molecule has 0 aromatic rings. The lowest BCUT2D eigenvalue weighted by Crippen LogP contribution is -2.52. The Hall–Kier alpha value is -1.92. The molecule has 0 bridgehead atoms. The fourth-order valence-electron chi connectivity index (χ4n) is 1.79. The molecule has 0 spiro atoms. The number of carbonyl (C=O) groups excluding carboxylic acids is 3. The molecule has 1 atom stereocenters. The van der Waals surface area contributed by atoms with Crippen LogP contribution in [0.25, 0.3) is 0 Å². The lowest BCUT2D eigenvalue weighted by molar-refractivity contribution is -0.147. The Labute approximate surface area is 118 Å². The van der Waals surface area contributed by atoms with E-state index >= 15 is 0 Å². The van der Waals surface area contributed by atoms with Crippen molar-refractivity contribution in [2.45, 2.75) is 39.7 Å². The van der Waals surface area contributed by atoms with Gasteiger partial charge in [-0.25, -0.2) is 9.80 Å². The van der Waals surface area contributed by atoms with Crippen molar-refractivity contribution >= 4 is 23.5 Å². The van der Waals surface area contributed by atoms with Crippen LogP contribution in [0.2, 0.25) is 0 Å². The minimum atomic E-state index is -0.773. The predicted molar refractivity (Wildman–Crippen MR) is 72.8 cm³/mol. The second kappa shape index (κ2) is 6.02. The van der Waals surface area contributed by atoms with Gasteiger partial charge in [-0.05, 0) is 5.41 Å². The van der Waals surface area contributed by atoms with Crippen LogP contribution < -0.4 is 5.32 Å². The zero-order valence-corrected chi connectivity index (χ0v) is 12.5. The standard InChI is InChI=1S/C13H21N3O4/c1-13(2,3)10(12(19)20-5)14-11(18)8-6-7-9(17)16(4)15-8/h10H,6-7H2,1-5H3,(H,14,18)/t10-/m0/s1. The lowest BCUT2D eigenvalue weighted by atomic mass is 9.86. The maximum Gasteiger partial charge on any atom is 0.328 e. The largest absolute Gasteiger partial charge is 0.467 e. The molecular formula is C13H21N3O4. The van der Waals surface area contributed by atoms with Crippen molar-refractivity contribution in [2.75, 3.05) is 14.2 Å². The van der Waals surface area contributed by atoms with Crippen LogP contribution in [0.3, 0.4) is 0 Å². The summed E-state index contributed by atoms with van der Waals surface area (Å²) in [5, 5.41) is 7.69. The van der Waals surface area contributed by atoms with Gasteiger partial charge in [0.05, 0.1) is 7.11 Å². The summed E-state index contributed by atoms with van der Waals surface area (Å²) in [6, 6.07) is -0.773. The molecule has 1 N–H and O–H groups in total. The van der Waals surface area contributed by atoms with Crippen molar-refractivity contribution in [2.24, 2.45) is 10.5 Å². The maximum atomic E-state index is 12.1. The minimum absolute atomic E-state index is 0.137. The summed E-state index contributed by atoms with van der Waals surface area (Å²) in [4.78, 5) is 35.2. The first-order chi connectivity index (χ1) is 9.16. The minimum Gasteiger partial charge on any atom is -0.467 e. The summed E-state index contributed by atoms with van der Waals surface area (Å²) in [5.41, 5.74) is -0.245. The van der Waals surface area contributed by atoms with E-state index in [2.05, 4.69) is 10.4 Å². The van der Waals surface area contributed by atoms with Gasteiger partial charge in [0.15, 0.2) is 0 Å². The smallest absolute Gasteiger partial charge is 0.328 e. The van der Waals surface area contributed by atoms with Gasteiger partial charge in [-0.3, -0.25) is 9.59 Å². The van der Waals surface area contributed by atoms with E-state index in [0.717, 1.165) is 5.01 Å². The number of hydrogen-bond acceptors (Lipinski definition) is 5. The molecule has 1 aliphatic heterocycles. The number of amides is 2. The van der Waals surface area contributed by atoms with Gasteiger partial charge in [-0.15, -0.1) is 0 Å². The van der Waals surface area contributed by atoms with E-state index in [1.165, 1.54) is 14.2 Å². The number of ether oxygens (including phenoxy) is 1. The predicted octanol–water partition coefficient (Wildman–Crippen LogP) is 0.299. The van der Waals surface area contributed by atoms with Gasteiger partial charge >= 0.3 is 5.97 Å². The van der Waals surface area contributed by atoms with Crippen LogP contribution in [-0.2, 0) is 19.1 Å². The molecule has 0 saturated heterocycles. The molecule has 20 heavy (non-hydrogen) atoms. The Morgan fingerprint density at radius 2 is 1.95 bits per heavy atom. The van der Waals surface area contributed by atoms with Crippen LogP contribution in [-0.4, -0.2) is 48.7 Å². The lowest BCUT2D eigenvalue weighted by Gasteiger charge is -2.29. The first-order valence-electron chi connectivity index (χ1n) is 6.39. The molecule has 2 amide bonds. The number of hydrogen-bond donors (Lipinski definition) is 1. The van der Waals surface area contributed by atoms with Crippen molar-refractivity contribution in [3.05, 3.63) is 0 Å². The van der Waals surface area contributed by atoms with Crippen LogP contribution in [0.5, 0.6) is 0 Å². The zero-order valence-electron chi connectivity index (χ0n) is 12.5. The molecule has 0 unspecified atom stereocenters. The molecule has 1 heterocycles. The van der Waals surface area contributed by atoms with Crippen LogP contribution in [0, 0.1) is 5.41 Å². The third-order valence-electron chi connectivity index (χ3n) is 3.05. The average molecular weight is 283 g/mol. The van der Waals surface area contributed by atoms with Crippen molar-refractivity contribution < 1.29 is 19.1 Å². The summed E-state index contributed by atoms with van der Waals surface area (Å²) in [7, 11) is 2.77. The van der Waals surface area contributed by atoms with Gasteiger partial charge < -0.3 is 10.1 Å². The van der Waals surface area contributed by atoms with E-state index in [0.29, 0.717) is 0 Å². The highest BCUT2D eigenvalue weighted by Crippen LogP contribution is 2.20. The molecule has 7 nitrogen and oxygen atoms in total. The molecule has 0 aliphatic carbocycles. The normalized spacial score (nSPS) is 17.4. The number of methoxy groups -OCH3 is 1. The Kier molecular flexibility index (Phi) is 4.86. The summed E-state index contributed by atoms with van der Waals surface area (Å²) in [6.07, 6.45) is 0.508. The van der Waals surface area contributed by atoms with E-state index in [1.807, 2.05) is 20.8 Å². The fourth-order valence-corrected chi connectivity index (χ4v) is 1.79. The van der Waals surface area contributed by atoms with Gasteiger partial charge in [-0.2, -0.15) is 5.10 Å². The van der Waals surface area contributed by atoms with Gasteiger partial charge in [-0.1, -0.05) is 20.8 Å². The molecule has 7 heteroatoms. The van der Waals surface area contributed by atoms with Gasteiger partial charge in [0, 0.05) is 19.9 Å². The van der Waals surface area contributed by atoms with Gasteiger partial charge in [0.2, 0.25) is 5.91 Å². The Balaban J connectivity index is 2.85. The van der Waals surface area contributed by atoms with Crippen LogP contribution in [0.4, 0.5) is 0 Å². The van der Waals surface area contributed by atoms with Gasteiger partial charge in [0.25, 0.3) is 5.91 Å². The molecule has 112 valence electrons. The Morgan fingerprint density at radius 1 is 1.35 bits per heavy atom. The monoisotopic (exact) mass is 283 g/mol. The molecule has 0 aromatic carbocycles. The van der Waals surface area contributed by atoms with Crippen LogP contribution in [0.15, 0.2) is 5.10 Å². The highest BCUT2D eigenvalue weighted by atomic mass is 16.5. The highest BCUT2D eigenvalue weighted by Gasteiger charge is 2.35. The van der Waals surface area contributed by atoms with Crippen molar-refractivity contribution in [3.8, 4) is 0 Å². The second-order valence-electron chi connectivity index (χ2n) is 5.76. The molecule has 0 fully saturated rings. The number of carbonyl (C=O) groups is 3. The molecule has 1 rings (SSSR count). The Bertz CT molecular complexity index is 451. The second-order valence-corrected chi connectivity index (χ2v) is 5.76. The number of rotatable bonds is 3. The molecule has 1 aliphatic rings. The number of hydrazone groups is 1.